The van der Waals surface area contributed by atoms with E-state index in [-0.39, 0.29) is 0 Å². The van der Waals surface area contributed by atoms with Gasteiger partial charge in [0.25, 0.3) is 0 Å². The summed E-state index contributed by atoms with van der Waals surface area (Å²) in [6.45, 7) is 4.31. The molecule has 2 rings (SSSR count). The van der Waals surface area contributed by atoms with Crippen molar-refractivity contribution in [3.05, 3.63) is 29.8 Å². The van der Waals surface area contributed by atoms with Crippen LogP contribution in [0.15, 0.2) is 24.3 Å². The molecule has 0 saturated carbocycles. The molecule has 0 radical (unpaired) electrons. The number of carboxylic acids is 1. The van der Waals surface area contributed by atoms with Crippen molar-refractivity contribution in [3.63, 3.8) is 0 Å². The molecule has 3 heteroatoms. The van der Waals surface area contributed by atoms with Gasteiger partial charge in [-0.05, 0) is 38.8 Å². The highest BCUT2D eigenvalue weighted by molar-refractivity contribution is 5.94. The highest BCUT2D eigenvalue weighted by atomic mass is 16.4. The monoisotopic (exact) mass is 219 g/mol. The molecule has 0 spiro atoms. The fourth-order valence-corrected chi connectivity index (χ4v) is 2.55. The standard InChI is InChI=1S/C13H17NO2/c1-9-7-8-10(2)14(9)12-6-4-3-5-11(12)13(15)16/h3-6,9-10H,7-8H2,1-2H3,(H,15,16)/t9-,10+. The van der Waals surface area contributed by atoms with Gasteiger partial charge in [-0.1, -0.05) is 12.1 Å². The molecule has 1 aliphatic rings. The van der Waals surface area contributed by atoms with Crippen molar-refractivity contribution in [1.29, 1.82) is 0 Å². The normalized spacial score (nSPS) is 24.8. The van der Waals surface area contributed by atoms with Crippen molar-refractivity contribution in [2.45, 2.75) is 38.8 Å². The lowest BCUT2D eigenvalue weighted by atomic mass is 10.1. The Morgan fingerprint density at radius 3 is 2.38 bits per heavy atom. The van der Waals surface area contributed by atoms with E-state index >= 15 is 0 Å². The van der Waals surface area contributed by atoms with Crippen LogP contribution in [0.1, 0.15) is 37.0 Å². The highest BCUT2D eigenvalue weighted by Crippen LogP contribution is 2.32. The quantitative estimate of drug-likeness (QED) is 0.831. The first-order valence-electron chi connectivity index (χ1n) is 5.72. The number of benzene rings is 1. The van der Waals surface area contributed by atoms with Crippen LogP contribution in [0.3, 0.4) is 0 Å². The molecule has 3 nitrogen and oxygen atoms in total. The van der Waals surface area contributed by atoms with Crippen LogP contribution in [0, 0.1) is 0 Å². The van der Waals surface area contributed by atoms with Crippen LogP contribution in [-0.4, -0.2) is 23.2 Å². The van der Waals surface area contributed by atoms with Gasteiger partial charge in [0.1, 0.15) is 0 Å². The fraction of sp³-hybridized carbons (Fsp3) is 0.462. The molecule has 1 aliphatic heterocycles. The van der Waals surface area contributed by atoms with Crippen LogP contribution >= 0.6 is 0 Å². The molecule has 0 bridgehead atoms. The summed E-state index contributed by atoms with van der Waals surface area (Å²) < 4.78 is 0. The van der Waals surface area contributed by atoms with Crippen LogP contribution in [0.25, 0.3) is 0 Å². The number of nitrogens with zero attached hydrogens (tertiary/aromatic N) is 1. The predicted molar refractivity (Wildman–Crippen MR) is 64.0 cm³/mol. The SMILES string of the molecule is C[C@@H]1CC[C@H](C)N1c1ccccc1C(=O)O. The summed E-state index contributed by atoms with van der Waals surface area (Å²) in [6.07, 6.45) is 2.27. The van der Waals surface area contributed by atoms with Gasteiger partial charge < -0.3 is 10.0 Å². The van der Waals surface area contributed by atoms with Gasteiger partial charge in [-0.2, -0.15) is 0 Å². The second-order valence-corrected chi connectivity index (χ2v) is 4.50. The Bertz CT molecular complexity index is 393. The summed E-state index contributed by atoms with van der Waals surface area (Å²) >= 11 is 0. The van der Waals surface area contributed by atoms with E-state index in [1.807, 2.05) is 12.1 Å². The van der Waals surface area contributed by atoms with Gasteiger partial charge in [0.05, 0.1) is 11.3 Å². The van der Waals surface area contributed by atoms with E-state index in [1.165, 1.54) is 0 Å². The van der Waals surface area contributed by atoms with Crippen LogP contribution in [-0.2, 0) is 0 Å². The number of hydrogen-bond acceptors (Lipinski definition) is 2. The molecular weight excluding hydrogens is 202 g/mol. The number of anilines is 1. The lowest BCUT2D eigenvalue weighted by Gasteiger charge is -2.29. The first-order chi connectivity index (χ1) is 7.61. The first-order valence-corrected chi connectivity index (χ1v) is 5.72. The third-order valence-electron chi connectivity index (χ3n) is 3.36. The van der Waals surface area contributed by atoms with Gasteiger partial charge in [-0.15, -0.1) is 0 Å². The Hall–Kier alpha value is -1.51. The molecule has 1 heterocycles. The van der Waals surface area contributed by atoms with E-state index in [1.54, 1.807) is 12.1 Å². The third kappa shape index (κ3) is 1.77. The zero-order chi connectivity index (χ0) is 11.7. The van der Waals surface area contributed by atoms with Crippen LogP contribution in [0.4, 0.5) is 5.69 Å². The Balaban J connectivity index is 2.43. The third-order valence-corrected chi connectivity index (χ3v) is 3.36. The molecule has 0 aliphatic carbocycles. The van der Waals surface area contributed by atoms with Gasteiger partial charge in [0, 0.05) is 12.1 Å². The van der Waals surface area contributed by atoms with Gasteiger partial charge >= 0.3 is 5.97 Å². The number of hydrogen-bond donors (Lipinski definition) is 1. The molecule has 86 valence electrons. The van der Waals surface area contributed by atoms with Crippen LogP contribution < -0.4 is 4.90 Å². The molecule has 1 aromatic carbocycles. The summed E-state index contributed by atoms with van der Waals surface area (Å²) in [4.78, 5) is 13.4. The molecule has 2 atom stereocenters. The minimum Gasteiger partial charge on any atom is -0.478 e. The summed E-state index contributed by atoms with van der Waals surface area (Å²) in [5.41, 5.74) is 1.26. The van der Waals surface area contributed by atoms with Crippen molar-refractivity contribution in [1.82, 2.24) is 0 Å². The largest absolute Gasteiger partial charge is 0.478 e. The summed E-state index contributed by atoms with van der Waals surface area (Å²) in [7, 11) is 0. The van der Waals surface area contributed by atoms with E-state index in [4.69, 9.17) is 0 Å². The fourth-order valence-electron chi connectivity index (χ4n) is 2.55. The maximum atomic E-state index is 11.2. The van der Waals surface area contributed by atoms with Crippen LogP contribution in [0.2, 0.25) is 0 Å². The van der Waals surface area contributed by atoms with E-state index < -0.39 is 5.97 Å². The Morgan fingerprint density at radius 1 is 1.25 bits per heavy atom. The van der Waals surface area contributed by atoms with E-state index in [0.29, 0.717) is 17.6 Å². The molecule has 1 N–H and O–H groups in total. The topological polar surface area (TPSA) is 40.5 Å². The number of carbonyl (C=O) groups is 1. The molecule has 1 aromatic rings. The summed E-state index contributed by atoms with van der Waals surface area (Å²) in [6, 6.07) is 8.11. The van der Waals surface area contributed by atoms with Gasteiger partial charge in [0.2, 0.25) is 0 Å². The Kier molecular flexibility index (Phi) is 2.86. The smallest absolute Gasteiger partial charge is 0.337 e. The summed E-state index contributed by atoms with van der Waals surface area (Å²) in [5, 5.41) is 9.17. The Labute approximate surface area is 95.7 Å². The number of aromatic carboxylic acids is 1. The highest BCUT2D eigenvalue weighted by Gasteiger charge is 2.29. The first kappa shape index (κ1) is 11.0. The van der Waals surface area contributed by atoms with Crippen molar-refractivity contribution >= 4 is 11.7 Å². The number of carboxylic acid groups (broad SMARTS) is 1. The summed E-state index contributed by atoms with van der Waals surface area (Å²) in [5.74, 6) is -0.845. The maximum absolute atomic E-state index is 11.2. The molecular formula is C13H17NO2. The van der Waals surface area contributed by atoms with Gasteiger partial charge in [-0.25, -0.2) is 4.79 Å². The van der Waals surface area contributed by atoms with E-state index in [9.17, 15) is 9.90 Å². The average Bonchev–Trinajstić information content (AvgIpc) is 2.58. The Morgan fingerprint density at radius 2 is 1.81 bits per heavy atom. The number of rotatable bonds is 2. The minimum absolute atomic E-state index is 0.406. The minimum atomic E-state index is -0.845. The van der Waals surface area contributed by atoms with Crippen molar-refractivity contribution in [2.75, 3.05) is 4.90 Å². The second kappa shape index (κ2) is 4.16. The molecule has 0 aromatic heterocycles. The van der Waals surface area contributed by atoms with E-state index in [0.717, 1.165) is 18.5 Å². The van der Waals surface area contributed by atoms with Crippen molar-refractivity contribution in [2.24, 2.45) is 0 Å². The average molecular weight is 219 g/mol. The molecule has 16 heavy (non-hydrogen) atoms. The van der Waals surface area contributed by atoms with Gasteiger partial charge in [-0.3, -0.25) is 0 Å². The molecule has 1 saturated heterocycles. The lowest BCUT2D eigenvalue weighted by molar-refractivity contribution is 0.0697. The lowest BCUT2D eigenvalue weighted by Crippen LogP contribution is -2.33. The molecule has 0 amide bonds. The molecule has 0 unspecified atom stereocenters. The van der Waals surface area contributed by atoms with E-state index in [2.05, 4.69) is 18.7 Å². The van der Waals surface area contributed by atoms with Gasteiger partial charge in [0.15, 0.2) is 0 Å². The zero-order valence-electron chi connectivity index (χ0n) is 9.68. The maximum Gasteiger partial charge on any atom is 0.337 e. The van der Waals surface area contributed by atoms with Crippen molar-refractivity contribution < 1.29 is 9.90 Å². The second-order valence-electron chi connectivity index (χ2n) is 4.50. The molecule has 1 fully saturated rings. The number of para-hydroxylation sites is 1. The van der Waals surface area contributed by atoms with Crippen LogP contribution in [0.5, 0.6) is 0 Å². The predicted octanol–water partition coefficient (Wildman–Crippen LogP) is 2.76. The zero-order valence-corrected chi connectivity index (χ0v) is 9.68. The van der Waals surface area contributed by atoms with Crippen molar-refractivity contribution in [3.8, 4) is 0 Å².